The Balaban J connectivity index is 1.47. The first-order chi connectivity index (χ1) is 14.0. The number of carbonyl (C=O) groups excluding carboxylic acids is 2. The summed E-state index contributed by atoms with van der Waals surface area (Å²) >= 11 is 2.05. The molecule has 0 bridgehead atoms. The molecule has 0 radical (unpaired) electrons. The van der Waals surface area contributed by atoms with E-state index in [-0.39, 0.29) is 24.4 Å². The number of thioether (sulfide) groups is 1. The summed E-state index contributed by atoms with van der Waals surface area (Å²) in [6, 6.07) is 8.31. The Hall–Kier alpha value is -1.57. The molecule has 1 aromatic carbocycles. The first kappa shape index (κ1) is 22.1. The highest BCUT2D eigenvalue weighted by Crippen LogP contribution is 2.23. The largest absolute Gasteiger partial charge is 0.335 e. The number of carbonyl (C=O) groups is 2. The molecule has 0 aliphatic carbocycles. The molecule has 0 spiro atoms. The van der Waals surface area contributed by atoms with Crippen LogP contribution in [0.2, 0.25) is 0 Å². The summed E-state index contributed by atoms with van der Waals surface area (Å²) in [6.45, 7) is 7.98. The number of aryl methyl sites for hydroxylation is 1. The van der Waals surface area contributed by atoms with Crippen molar-refractivity contribution in [1.29, 1.82) is 0 Å². The van der Waals surface area contributed by atoms with Crippen LogP contribution in [0.15, 0.2) is 24.3 Å². The van der Waals surface area contributed by atoms with E-state index in [0.717, 1.165) is 43.9 Å². The van der Waals surface area contributed by atoms with Crippen molar-refractivity contribution >= 4 is 29.3 Å². The second kappa shape index (κ2) is 10.5. The highest BCUT2D eigenvalue weighted by molar-refractivity contribution is 7.99. The van der Waals surface area contributed by atoms with E-state index in [9.17, 15) is 9.59 Å². The van der Waals surface area contributed by atoms with Gasteiger partial charge in [-0.1, -0.05) is 25.1 Å². The van der Waals surface area contributed by atoms with E-state index in [4.69, 9.17) is 0 Å². The third-order valence-electron chi connectivity index (χ3n) is 6.11. The zero-order chi connectivity index (χ0) is 20.8. The minimum Gasteiger partial charge on any atom is -0.335 e. The summed E-state index contributed by atoms with van der Waals surface area (Å²) in [5, 5.41) is 2.95. The van der Waals surface area contributed by atoms with Gasteiger partial charge in [-0.3, -0.25) is 19.4 Å². The minimum atomic E-state index is -0.198. The fourth-order valence-corrected chi connectivity index (χ4v) is 5.46. The van der Waals surface area contributed by atoms with Crippen molar-refractivity contribution in [3.05, 3.63) is 29.8 Å². The number of likely N-dealkylation sites (N-methyl/N-ethyl adjacent to an activating group) is 1. The van der Waals surface area contributed by atoms with Gasteiger partial charge < -0.3 is 10.2 Å². The summed E-state index contributed by atoms with van der Waals surface area (Å²) < 4.78 is 0. The van der Waals surface area contributed by atoms with Gasteiger partial charge in [0, 0.05) is 50.7 Å². The fraction of sp³-hybridized carbons (Fsp3) is 0.636. The first-order valence-electron chi connectivity index (χ1n) is 10.7. The van der Waals surface area contributed by atoms with Crippen LogP contribution in [0, 0.1) is 0 Å². The van der Waals surface area contributed by atoms with E-state index in [1.54, 1.807) is 11.9 Å². The Labute approximate surface area is 179 Å². The molecule has 7 heteroatoms. The van der Waals surface area contributed by atoms with Crippen LogP contribution in [-0.4, -0.2) is 89.9 Å². The van der Waals surface area contributed by atoms with Crippen molar-refractivity contribution in [3.8, 4) is 0 Å². The van der Waals surface area contributed by atoms with Gasteiger partial charge in [0.05, 0.1) is 12.6 Å². The molecule has 2 aliphatic heterocycles. The predicted octanol–water partition coefficient (Wildman–Crippen LogP) is 2.16. The quantitative estimate of drug-likeness (QED) is 0.735. The monoisotopic (exact) mass is 418 g/mol. The Morgan fingerprint density at radius 1 is 1.24 bits per heavy atom. The second-order valence-electron chi connectivity index (χ2n) is 8.02. The number of nitrogens with zero attached hydrogens (tertiary/aromatic N) is 3. The van der Waals surface area contributed by atoms with Crippen LogP contribution in [0.25, 0.3) is 0 Å². The molecular formula is C22H34N4O2S. The third-order valence-corrected chi connectivity index (χ3v) is 7.25. The molecule has 3 rings (SSSR count). The molecule has 1 N–H and O–H groups in total. The lowest BCUT2D eigenvalue weighted by atomic mass is 10.1. The van der Waals surface area contributed by atoms with E-state index in [2.05, 4.69) is 22.0 Å². The van der Waals surface area contributed by atoms with E-state index in [1.807, 2.05) is 43.0 Å². The number of rotatable bonds is 7. The Morgan fingerprint density at radius 2 is 1.97 bits per heavy atom. The number of anilines is 1. The lowest BCUT2D eigenvalue weighted by Gasteiger charge is -2.40. The van der Waals surface area contributed by atoms with Gasteiger partial charge in [-0.05, 0) is 37.1 Å². The number of nitrogens with one attached hydrogen (secondary N) is 1. The maximum absolute atomic E-state index is 12.9. The van der Waals surface area contributed by atoms with Crippen LogP contribution in [0.3, 0.4) is 0 Å². The average molecular weight is 419 g/mol. The van der Waals surface area contributed by atoms with Crippen LogP contribution in [-0.2, 0) is 16.0 Å². The maximum Gasteiger partial charge on any atom is 0.243 e. The molecule has 2 fully saturated rings. The molecule has 2 amide bonds. The lowest BCUT2D eigenvalue weighted by molar-refractivity contribution is -0.138. The molecule has 1 aromatic rings. The smallest absolute Gasteiger partial charge is 0.243 e. The van der Waals surface area contributed by atoms with Crippen LogP contribution < -0.4 is 5.32 Å². The zero-order valence-electron chi connectivity index (χ0n) is 17.9. The van der Waals surface area contributed by atoms with Gasteiger partial charge >= 0.3 is 0 Å². The van der Waals surface area contributed by atoms with Crippen LogP contribution in [0.5, 0.6) is 0 Å². The van der Waals surface area contributed by atoms with Gasteiger partial charge in [0.15, 0.2) is 0 Å². The molecule has 0 saturated carbocycles. The molecular weight excluding hydrogens is 384 g/mol. The molecule has 0 aromatic heterocycles. The normalized spacial score (nSPS) is 21.7. The third kappa shape index (κ3) is 5.74. The zero-order valence-corrected chi connectivity index (χ0v) is 18.7. The first-order valence-corrected chi connectivity index (χ1v) is 11.8. The van der Waals surface area contributed by atoms with Gasteiger partial charge in [0.25, 0.3) is 0 Å². The van der Waals surface area contributed by atoms with Crippen molar-refractivity contribution < 1.29 is 9.59 Å². The topological polar surface area (TPSA) is 55.9 Å². The molecule has 6 nitrogen and oxygen atoms in total. The van der Waals surface area contributed by atoms with Crippen LogP contribution in [0.1, 0.15) is 25.8 Å². The predicted molar refractivity (Wildman–Crippen MR) is 120 cm³/mol. The fourth-order valence-electron chi connectivity index (χ4n) is 4.21. The van der Waals surface area contributed by atoms with E-state index >= 15 is 0 Å². The number of hydrogen-bond donors (Lipinski definition) is 1. The average Bonchev–Trinajstić information content (AvgIpc) is 3.28. The van der Waals surface area contributed by atoms with Gasteiger partial charge in [-0.25, -0.2) is 0 Å². The summed E-state index contributed by atoms with van der Waals surface area (Å²) in [6.07, 6.45) is 2.14. The molecule has 2 saturated heterocycles. The Morgan fingerprint density at radius 3 is 2.62 bits per heavy atom. The molecule has 160 valence electrons. The molecule has 0 unspecified atom stereocenters. The summed E-state index contributed by atoms with van der Waals surface area (Å²) in [7, 11) is 1.72. The molecule has 29 heavy (non-hydrogen) atoms. The number of hydrogen-bond acceptors (Lipinski definition) is 5. The van der Waals surface area contributed by atoms with Crippen molar-refractivity contribution in [2.45, 2.75) is 38.8 Å². The van der Waals surface area contributed by atoms with E-state index in [1.165, 1.54) is 17.9 Å². The van der Waals surface area contributed by atoms with Gasteiger partial charge in [0.1, 0.15) is 0 Å². The van der Waals surface area contributed by atoms with Crippen molar-refractivity contribution in [3.63, 3.8) is 0 Å². The van der Waals surface area contributed by atoms with Crippen molar-refractivity contribution in [2.24, 2.45) is 0 Å². The number of amides is 2. The van der Waals surface area contributed by atoms with Crippen LogP contribution in [0.4, 0.5) is 5.69 Å². The summed E-state index contributed by atoms with van der Waals surface area (Å²) in [4.78, 5) is 31.7. The number of para-hydroxylation sites is 1. The van der Waals surface area contributed by atoms with Gasteiger partial charge in [0.2, 0.25) is 11.8 Å². The van der Waals surface area contributed by atoms with Crippen molar-refractivity contribution in [2.75, 3.05) is 56.6 Å². The second-order valence-corrected chi connectivity index (χ2v) is 9.17. The number of benzene rings is 1. The number of piperazine rings is 1. The van der Waals surface area contributed by atoms with Gasteiger partial charge in [-0.2, -0.15) is 11.8 Å². The van der Waals surface area contributed by atoms with Crippen molar-refractivity contribution in [1.82, 2.24) is 14.7 Å². The Bertz CT molecular complexity index is 700. The van der Waals surface area contributed by atoms with Gasteiger partial charge in [-0.15, -0.1) is 0 Å². The Kier molecular flexibility index (Phi) is 7.98. The molecule has 2 heterocycles. The summed E-state index contributed by atoms with van der Waals surface area (Å²) in [5.74, 6) is 2.37. The van der Waals surface area contributed by atoms with E-state index < -0.39 is 0 Å². The highest BCUT2D eigenvalue weighted by Gasteiger charge is 2.31. The maximum atomic E-state index is 12.9. The summed E-state index contributed by atoms with van der Waals surface area (Å²) in [5.41, 5.74) is 1.93. The minimum absolute atomic E-state index is 0.00815. The van der Waals surface area contributed by atoms with Crippen LogP contribution >= 0.6 is 11.8 Å². The standard InChI is InChI=1S/C22H34N4O2S/c1-4-18-7-5-6-8-20(18)23-21(27)15-24(3)22(28)17(2)25-10-12-26(13-11-25)19-9-14-29-16-19/h5-8,17,19H,4,9-16H2,1-3H3,(H,23,27)/t17-,19-/m1/s1. The molecule has 2 aliphatic rings. The lowest BCUT2D eigenvalue weighted by Crippen LogP contribution is -2.56. The highest BCUT2D eigenvalue weighted by atomic mass is 32.2. The SMILES string of the molecule is CCc1ccccc1NC(=O)CN(C)C(=O)[C@@H](C)N1CCN([C@@H]2CCSC2)CC1. The van der Waals surface area contributed by atoms with E-state index in [0.29, 0.717) is 6.04 Å². The molecule has 2 atom stereocenters.